The van der Waals surface area contributed by atoms with Gasteiger partial charge in [0.05, 0.1) is 0 Å². The molecule has 31 heavy (non-hydrogen) atoms. The molecule has 0 aromatic heterocycles. The van der Waals surface area contributed by atoms with Crippen LogP contribution < -0.4 is 0 Å². The Labute approximate surface area is 188 Å². The largest absolute Gasteiger partial charge is 0.504 e. The second-order valence-electron chi connectivity index (χ2n) is 11.7. The van der Waals surface area contributed by atoms with E-state index in [0.29, 0.717) is 29.2 Å². The van der Waals surface area contributed by atoms with E-state index in [-0.39, 0.29) is 22.9 Å². The van der Waals surface area contributed by atoms with Gasteiger partial charge in [0.1, 0.15) is 5.60 Å². The van der Waals surface area contributed by atoms with Crippen LogP contribution in [-0.2, 0) is 4.79 Å². The third-order valence-corrected chi connectivity index (χ3v) is 9.71. The molecule has 0 aliphatic heterocycles. The molecule has 0 aromatic rings. The van der Waals surface area contributed by atoms with Crippen molar-refractivity contribution in [3.8, 4) is 0 Å². The smallest absolute Gasteiger partial charge is 0.220 e. The van der Waals surface area contributed by atoms with Gasteiger partial charge in [0.25, 0.3) is 0 Å². The van der Waals surface area contributed by atoms with Crippen LogP contribution >= 0.6 is 0 Å². The standard InChI is InChI=1S/C28H40O3/c1-17(2)18(3)9-10-19(4)20-11-12-21-23-16-24(29)25(30)22-8-7-13-26(5,28(22,23)31)14-15-27(20,21)6/h7-10,16-21,30-31H,11-15H2,1-6H3. The molecule has 3 heteroatoms. The zero-order valence-corrected chi connectivity index (χ0v) is 20.1. The summed E-state index contributed by atoms with van der Waals surface area (Å²) in [6, 6.07) is 0. The lowest BCUT2D eigenvalue weighted by Crippen LogP contribution is -2.53. The molecule has 0 saturated heterocycles. The maximum absolute atomic E-state index is 12.7. The third kappa shape index (κ3) is 3.14. The summed E-state index contributed by atoms with van der Waals surface area (Å²) in [4.78, 5) is 12.7. The van der Waals surface area contributed by atoms with Gasteiger partial charge >= 0.3 is 0 Å². The number of rotatable bonds is 4. The lowest BCUT2D eigenvalue weighted by Gasteiger charge is -2.50. The number of allylic oxidation sites excluding steroid dienone is 4. The van der Waals surface area contributed by atoms with Crippen LogP contribution in [0.1, 0.15) is 73.6 Å². The van der Waals surface area contributed by atoms with Gasteiger partial charge in [0, 0.05) is 11.0 Å². The van der Waals surface area contributed by atoms with Crippen molar-refractivity contribution in [2.24, 2.45) is 40.4 Å². The van der Waals surface area contributed by atoms with E-state index in [1.165, 1.54) is 0 Å². The molecule has 0 aromatic carbocycles. The maximum atomic E-state index is 12.7. The van der Waals surface area contributed by atoms with E-state index in [9.17, 15) is 15.0 Å². The Kier molecular flexibility index (Phi) is 5.44. The van der Waals surface area contributed by atoms with Crippen molar-refractivity contribution in [2.75, 3.05) is 0 Å². The van der Waals surface area contributed by atoms with Crippen molar-refractivity contribution in [1.29, 1.82) is 0 Å². The van der Waals surface area contributed by atoms with Crippen LogP contribution in [0.2, 0.25) is 0 Å². The predicted molar refractivity (Wildman–Crippen MR) is 125 cm³/mol. The Balaban J connectivity index is 1.75. The molecule has 7 unspecified atom stereocenters. The first kappa shape index (κ1) is 22.6. The second kappa shape index (κ2) is 7.47. The minimum atomic E-state index is -1.25. The van der Waals surface area contributed by atoms with Crippen LogP contribution in [0.4, 0.5) is 0 Å². The molecule has 0 heterocycles. The number of carbonyl (C=O) groups excluding carboxylic acids is 1. The summed E-state index contributed by atoms with van der Waals surface area (Å²) in [5, 5.41) is 22.8. The topological polar surface area (TPSA) is 57.5 Å². The molecule has 3 nitrogen and oxygen atoms in total. The predicted octanol–water partition coefficient (Wildman–Crippen LogP) is 6.32. The number of carbonyl (C=O) groups is 1. The fourth-order valence-corrected chi connectivity index (χ4v) is 7.12. The fraction of sp³-hybridized carbons (Fsp3) is 0.679. The van der Waals surface area contributed by atoms with Crippen molar-refractivity contribution < 1.29 is 15.0 Å². The Morgan fingerprint density at radius 3 is 2.48 bits per heavy atom. The highest BCUT2D eigenvalue weighted by Crippen LogP contribution is 2.66. The summed E-state index contributed by atoms with van der Waals surface area (Å²) < 4.78 is 0. The number of fused-ring (bicyclic) bond motifs is 2. The van der Waals surface area contributed by atoms with Crippen molar-refractivity contribution in [1.82, 2.24) is 0 Å². The molecule has 0 spiro atoms. The third-order valence-electron chi connectivity index (χ3n) is 9.71. The molecule has 0 radical (unpaired) electrons. The molecular weight excluding hydrogens is 384 g/mol. The zero-order chi connectivity index (χ0) is 22.8. The SMILES string of the molecule is CC(C)C(C)C=CC(C)C1CCC2C3=CC(=O)C(O)=C4C=CCC(C)(CCC21C)C34O. The minimum absolute atomic E-state index is 0.0328. The molecule has 2 N–H and O–H groups in total. The molecule has 4 rings (SSSR count). The van der Waals surface area contributed by atoms with Crippen LogP contribution in [0.15, 0.2) is 47.3 Å². The van der Waals surface area contributed by atoms with E-state index in [1.54, 1.807) is 12.2 Å². The minimum Gasteiger partial charge on any atom is -0.504 e. The van der Waals surface area contributed by atoms with Gasteiger partial charge in [-0.2, -0.15) is 0 Å². The first-order valence-electron chi connectivity index (χ1n) is 12.2. The van der Waals surface area contributed by atoms with E-state index in [1.807, 2.05) is 6.08 Å². The lowest BCUT2D eigenvalue weighted by atomic mass is 9.57. The van der Waals surface area contributed by atoms with Gasteiger partial charge < -0.3 is 10.2 Å². The number of aliphatic hydroxyl groups is 2. The number of ketones is 1. The summed E-state index contributed by atoms with van der Waals surface area (Å²) in [6.07, 6.45) is 15.0. The first-order valence-corrected chi connectivity index (χ1v) is 12.2. The van der Waals surface area contributed by atoms with E-state index in [4.69, 9.17) is 0 Å². The number of aliphatic hydroxyl groups excluding tert-OH is 1. The summed E-state index contributed by atoms with van der Waals surface area (Å²) in [6.45, 7) is 13.7. The molecule has 4 aliphatic rings. The van der Waals surface area contributed by atoms with Gasteiger partial charge in [-0.3, -0.25) is 4.79 Å². The van der Waals surface area contributed by atoms with Crippen molar-refractivity contribution >= 4 is 5.78 Å². The van der Waals surface area contributed by atoms with Gasteiger partial charge in [-0.05, 0) is 78.8 Å². The summed E-state index contributed by atoms with van der Waals surface area (Å²) >= 11 is 0. The molecular formula is C28H40O3. The van der Waals surface area contributed by atoms with E-state index in [0.717, 1.165) is 37.7 Å². The van der Waals surface area contributed by atoms with Crippen molar-refractivity contribution in [3.63, 3.8) is 0 Å². The van der Waals surface area contributed by atoms with Crippen molar-refractivity contribution in [2.45, 2.75) is 79.2 Å². The van der Waals surface area contributed by atoms with Gasteiger partial charge in [0.2, 0.25) is 5.78 Å². The van der Waals surface area contributed by atoms with Crippen LogP contribution in [0.5, 0.6) is 0 Å². The monoisotopic (exact) mass is 424 g/mol. The van der Waals surface area contributed by atoms with Crippen molar-refractivity contribution in [3.05, 3.63) is 47.3 Å². The highest BCUT2D eigenvalue weighted by atomic mass is 16.3. The van der Waals surface area contributed by atoms with E-state index in [2.05, 4.69) is 53.7 Å². The highest BCUT2D eigenvalue weighted by molar-refractivity contribution is 6.05. The van der Waals surface area contributed by atoms with Gasteiger partial charge in [0.15, 0.2) is 5.76 Å². The molecule has 4 aliphatic carbocycles. The molecule has 0 bridgehead atoms. The summed E-state index contributed by atoms with van der Waals surface area (Å²) in [5.74, 6) is 1.72. The number of hydrogen-bond donors (Lipinski definition) is 2. The average molecular weight is 425 g/mol. The van der Waals surface area contributed by atoms with E-state index >= 15 is 0 Å². The van der Waals surface area contributed by atoms with E-state index < -0.39 is 11.0 Å². The first-order chi connectivity index (χ1) is 14.5. The molecule has 170 valence electrons. The quantitative estimate of drug-likeness (QED) is 0.520. The Hall–Kier alpha value is -1.61. The molecule has 7 atom stereocenters. The maximum Gasteiger partial charge on any atom is 0.220 e. The lowest BCUT2D eigenvalue weighted by molar-refractivity contribution is -0.115. The normalized spacial score (nSPS) is 41.8. The average Bonchev–Trinajstić information content (AvgIpc) is 3.03. The van der Waals surface area contributed by atoms with Gasteiger partial charge in [-0.25, -0.2) is 0 Å². The Bertz CT molecular complexity index is 890. The van der Waals surface area contributed by atoms with Gasteiger partial charge in [-0.15, -0.1) is 0 Å². The summed E-state index contributed by atoms with van der Waals surface area (Å²) in [5.41, 5.74) is -0.324. The zero-order valence-electron chi connectivity index (χ0n) is 20.1. The molecule has 2 saturated carbocycles. The van der Waals surface area contributed by atoms with Crippen LogP contribution in [0.3, 0.4) is 0 Å². The number of hydrogen-bond acceptors (Lipinski definition) is 3. The highest BCUT2D eigenvalue weighted by Gasteiger charge is 2.63. The summed E-state index contributed by atoms with van der Waals surface area (Å²) in [7, 11) is 0. The second-order valence-corrected chi connectivity index (χ2v) is 11.7. The van der Waals surface area contributed by atoms with Crippen LogP contribution in [0.25, 0.3) is 0 Å². The van der Waals surface area contributed by atoms with Gasteiger partial charge in [-0.1, -0.05) is 65.8 Å². The van der Waals surface area contributed by atoms with Crippen LogP contribution in [-0.4, -0.2) is 21.6 Å². The Morgan fingerprint density at radius 2 is 1.81 bits per heavy atom. The molecule has 2 fully saturated rings. The fourth-order valence-electron chi connectivity index (χ4n) is 7.12. The Morgan fingerprint density at radius 1 is 1.10 bits per heavy atom. The molecule has 0 amide bonds. The van der Waals surface area contributed by atoms with Crippen LogP contribution in [0, 0.1) is 40.4 Å².